The van der Waals surface area contributed by atoms with Crippen molar-refractivity contribution in [3.05, 3.63) is 35.4 Å². The predicted octanol–water partition coefficient (Wildman–Crippen LogP) is 5.10. The van der Waals surface area contributed by atoms with Crippen molar-refractivity contribution in [1.29, 1.82) is 0 Å². The quantitative estimate of drug-likeness (QED) is 0.510. The van der Waals surface area contributed by atoms with Gasteiger partial charge < -0.3 is 14.7 Å². The molecular weight excluding hydrogens is 363 g/mol. The first-order valence-corrected chi connectivity index (χ1v) is 9.36. The fourth-order valence-corrected chi connectivity index (χ4v) is 1.70. The van der Waals surface area contributed by atoms with Crippen molar-refractivity contribution in [2.75, 3.05) is 6.67 Å². The van der Waals surface area contributed by atoms with E-state index in [0.717, 1.165) is 18.4 Å². The van der Waals surface area contributed by atoms with Crippen LogP contribution in [0.4, 0.5) is 4.39 Å². The third kappa shape index (κ3) is 23.6. The second-order valence-electron chi connectivity index (χ2n) is 6.33. The first-order chi connectivity index (χ1) is 13.1. The summed E-state index contributed by atoms with van der Waals surface area (Å²) in [5.41, 5.74) is 2.05. The third-order valence-corrected chi connectivity index (χ3v) is 3.06. The number of carboxylic acid groups (broad SMARTS) is 1. The number of hydrogen-bond acceptors (Lipinski definition) is 4. The summed E-state index contributed by atoms with van der Waals surface area (Å²) in [4.78, 5) is 39.6. The maximum absolute atomic E-state index is 11.1. The fourth-order valence-electron chi connectivity index (χ4n) is 1.70. The standard InChI is InChI=1S/C11H14O.C5H10O2.C4H8O.C2H3FO/c1-3-6-10-7-4-5-8-11(10)9(2)12;1-4(2)3-5(6)7;1-3-4(2)5;3-1-2-4/h4-5,7-8H,3,6H2,1-2H3;4H,3H2,1-2H3,(H,6,7);3H2,1-2H3;2H,1H2. The molecule has 5 nitrogen and oxygen atoms in total. The van der Waals surface area contributed by atoms with Gasteiger partial charge in [-0.15, -0.1) is 0 Å². The van der Waals surface area contributed by atoms with E-state index < -0.39 is 12.6 Å². The van der Waals surface area contributed by atoms with Crippen LogP contribution in [0.3, 0.4) is 0 Å². The lowest BCUT2D eigenvalue weighted by Gasteiger charge is -2.03. The molecule has 0 amide bonds. The summed E-state index contributed by atoms with van der Waals surface area (Å²) in [6.07, 6.45) is 3.24. The molecule has 0 heterocycles. The molecule has 0 aromatic heterocycles. The molecule has 1 rings (SSSR count). The van der Waals surface area contributed by atoms with Gasteiger partial charge in [0.1, 0.15) is 12.5 Å². The molecule has 28 heavy (non-hydrogen) atoms. The number of ketones is 2. The minimum Gasteiger partial charge on any atom is -0.481 e. The number of aryl methyl sites for hydroxylation is 1. The molecule has 0 unspecified atom stereocenters. The van der Waals surface area contributed by atoms with Gasteiger partial charge in [-0.05, 0) is 31.7 Å². The molecule has 0 aliphatic heterocycles. The minimum atomic E-state index is -0.861. The molecular formula is C22H35FO5. The minimum absolute atomic E-state index is 0.166. The van der Waals surface area contributed by atoms with Crippen LogP contribution in [0.2, 0.25) is 0 Å². The van der Waals surface area contributed by atoms with Crippen molar-refractivity contribution in [1.82, 2.24) is 0 Å². The molecule has 0 saturated carbocycles. The van der Waals surface area contributed by atoms with Crippen LogP contribution < -0.4 is 0 Å². The van der Waals surface area contributed by atoms with Gasteiger partial charge in [0.2, 0.25) is 0 Å². The number of carbonyl (C=O) groups is 4. The summed E-state index contributed by atoms with van der Waals surface area (Å²) in [6, 6.07) is 7.82. The van der Waals surface area contributed by atoms with Gasteiger partial charge in [-0.2, -0.15) is 0 Å². The van der Waals surface area contributed by atoms with E-state index >= 15 is 0 Å². The van der Waals surface area contributed by atoms with E-state index in [1.165, 1.54) is 5.56 Å². The normalized spacial score (nSPS) is 8.86. The van der Waals surface area contributed by atoms with Crippen LogP contribution >= 0.6 is 0 Å². The highest BCUT2D eigenvalue weighted by atomic mass is 19.1. The predicted molar refractivity (Wildman–Crippen MR) is 111 cm³/mol. The number of carboxylic acids is 1. The number of aldehydes is 1. The maximum Gasteiger partial charge on any atom is 0.303 e. The van der Waals surface area contributed by atoms with E-state index in [2.05, 4.69) is 6.92 Å². The number of benzene rings is 1. The number of alkyl halides is 1. The molecule has 0 spiro atoms. The Morgan fingerprint density at radius 3 is 1.82 bits per heavy atom. The highest BCUT2D eigenvalue weighted by Crippen LogP contribution is 2.11. The van der Waals surface area contributed by atoms with Crippen LogP contribution in [-0.4, -0.2) is 35.6 Å². The number of aliphatic carboxylic acids is 1. The zero-order valence-corrected chi connectivity index (χ0v) is 18.0. The first kappa shape index (κ1) is 30.4. The van der Waals surface area contributed by atoms with Crippen LogP contribution in [-0.2, 0) is 20.8 Å². The lowest BCUT2D eigenvalue weighted by molar-refractivity contribution is -0.137. The summed E-state index contributed by atoms with van der Waals surface area (Å²) in [7, 11) is 0. The monoisotopic (exact) mass is 398 g/mol. The van der Waals surface area contributed by atoms with Gasteiger partial charge in [-0.25, -0.2) is 4.39 Å². The van der Waals surface area contributed by atoms with Crippen LogP contribution in [0.25, 0.3) is 0 Å². The van der Waals surface area contributed by atoms with E-state index in [9.17, 15) is 18.8 Å². The van der Waals surface area contributed by atoms with Crippen molar-refractivity contribution >= 4 is 23.8 Å². The molecule has 0 aliphatic rings. The molecule has 0 aliphatic carbocycles. The number of halogens is 1. The molecule has 0 fully saturated rings. The van der Waals surface area contributed by atoms with Crippen LogP contribution in [0.5, 0.6) is 0 Å². The Bertz CT molecular complexity index is 568. The molecule has 1 aromatic carbocycles. The van der Waals surface area contributed by atoms with Crippen molar-refractivity contribution in [3.8, 4) is 0 Å². The Kier molecular flexibility index (Phi) is 22.7. The number of carbonyl (C=O) groups excluding carboxylic acids is 3. The van der Waals surface area contributed by atoms with Crippen molar-refractivity contribution in [2.45, 2.75) is 67.2 Å². The van der Waals surface area contributed by atoms with E-state index in [4.69, 9.17) is 9.90 Å². The second-order valence-corrected chi connectivity index (χ2v) is 6.33. The largest absolute Gasteiger partial charge is 0.481 e. The Morgan fingerprint density at radius 2 is 1.57 bits per heavy atom. The summed E-state index contributed by atoms with van der Waals surface area (Å²) >= 11 is 0. The van der Waals surface area contributed by atoms with Gasteiger partial charge >= 0.3 is 5.97 Å². The molecule has 160 valence electrons. The highest BCUT2D eigenvalue weighted by Gasteiger charge is 2.03. The van der Waals surface area contributed by atoms with E-state index in [0.29, 0.717) is 6.42 Å². The number of Topliss-reactive ketones (excluding diaryl/α,β-unsaturated/α-hetero) is 2. The van der Waals surface area contributed by atoms with Gasteiger partial charge in [-0.1, -0.05) is 58.4 Å². The lowest BCUT2D eigenvalue weighted by Crippen LogP contribution is -1.99. The van der Waals surface area contributed by atoms with E-state index in [-0.39, 0.29) is 30.2 Å². The van der Waals surface area contributed by atoms with E-state index in [1.54, 1.807) is 13.8 Å². The first-order valence-electron chi connectivity index (χ1n) is 9.36. The number of rotatable bonds is 7. The van der Waals surface area contributed by atoms with Crippen molar-refractivity contribution < 1.29 is 28.7 Å². The maximum atomic E-state index is 11.1. The zero-order chi connectivity index (χ0) is 22.5. The average molecular weight is 399 g/mol. The van der Waals surface area contributed by atoms with Crippen LogP contribution in [0, 0.1) is 5.92 Å². The number of hydrogen-bond donors (Lipinski definition) is 1. The second kappa shape index (κ2) is 20.9. The van der Waals surface area contributed by atoms with Crippen molar-refractivity contribution in [3.63, 3.8) is 0 Å². The molecule has 0 atom stereocenters. The van der Waals surface area contributed by atoms with Crippen LogP contribution in [0.1, 0.15) is 76.7 Å². The highest BCUT2D eigenvalue weighted by molar-refractivity contribution is 5.95. The smallest absolute Gasteiger partial charge is 0.303 e. The topological polar surface area (TPSA) is 88.5 Å². The lowest BCUT2D eigenvalue weighted by atomic mass is 10.0. The van der Waals surface area contributed by atoms with Gasteiger partial charge in [0.15, 0.2) is 12.1 Å². The molecule has 0 bridgehead atoms. The Balaban J connectivity index is -0.000000334. The summed E-state index contributed by atoms with van der Waals surface area (Å²) < 4.78 is 10.4. The van der Waals surface area contributed by atoms with Crippen LogP contribution in [0.15, 0.2) is 24.3 Å². The van der Waals surface area contributed by atoms with Gasteiger partial charge in [0, 0.05) is 18.4 Å². The average Bonchev–Trinajstić information content (AvgIpc) is 2.62. The molecule has 1 N–H and O–H groups in total. The van der Waals surface area contributed by atoms with Gasteiger partial charge in [0.25, 0.3) is 0 Å². The Labute approximate surface area is 168 Å². The molecule has 1 aromatic rings. The van der Waals surface area contributed by atoms with Gasteiger partial charge in [0.05, 0.1) is 0 Å². The fraction of sp³-hybridized carbons (Fsp3) is 0.545. The molecule has 0 radical (unpaired) electrons. The molecule has 6 heteroatoms. The summed E-state index contributed by atoms with van der Waals surface area (Å²) in [5.74, 6) is -0.0171. The Morgan fingerprint density at radius 1 is 1.11 bits per heavy atom. The molecule has 0 saturated heterocycles. The Hall–Kier alpha value is -2.37. The summed E-state index contributed by atoms with van der Waals surface area (Å²) in [6.45, 7) is 10.1. The van der Waals surface area contributed by atoms with Crippen molar-refractivity contribution in [2.24, 2.45) is 5.92 Å². The van der Waals surface area contributed by atoms with E-state index in [1.807, 2.05) is 45.0 Å². The SMILES string of the molecule is CC(C)CC(=O)O.CCC(C)=O.CCCc1ccccc1C(C)=O.O=CCF. The zero-order valence-electron chi connectivity index (χ0n) is 18.0. The van der Waals surface area contributed by atoms with Gasteiger partial charge in [-0.3, -0.25) is 9.59 Å². The summed E-state index contributed by atoms with van der Waals surface area (Å²) in [5, 5.41) is 8.08. The third-order valence-electron chi connectivity index (χ3n) is 3.06.